The number of nitrogens with two attached hydrogens (primary N) is 1. The number of piperidine rings is 1. The lowest BCUT2D eigenvalue weighted by molar-refractivity contribution is 0.191. The van der Waals surface area contributed by atoms with Gasteiger partial charge >= 0.3 is 6.03 Å². The van der Waals surface area contributed by atoms with Gasteiger partial charge in [0.05, 0.1) is 0 Å². The second kappa shape index (κ2) is 7.87. The van der Waals surface area contributed by atoms with Crippen molar-refractivity contribution in [3.63, 3.8) is 0 Å². The maximum atomic E-state index is 10.5. The molecule has 0 aromatic heterocycles. The summed E-state index contributed by atoms with van der Waals surface area (Å²) in [6.07, 6.45) is 2.31. The molecule has 110 valence electrons. The highest BCUT2D eigenvalue weighted by Gasteiger charge is 2.18. The van der Waals surface area contributed by atoms with Crippen LogP contribution in [0.3, 0.4) is 0 Å². The van der Waals surface area contributed by atoms with Gasteiger partial charge in [-0.05, 0) is 31.5 Å². The Morgan fingerprint density at radius 3 is 2.55 bits per heavy atom. The number of carbonyl (C=O) groups excluding carboxylic acids is 1. The van der Waals surface area contributed by atoms with E-state index in [1.165, 1.54) is 5.56 Å². The van der Waals surface area contributed by atoms with Crippen molar-refractivity contribution in [2.24, 2.45) is 5.73 Å². The molecule has 1 aliphatic heterocycles. The van der Waals surface area contributed by atoms with Crippen LogP contribution in [-0.4, -0.2) is 43.2 Å². The molecule has 0 aliphatic carbocycles. The van der Waals surface area contributed by atoms with Gasteiger partial charge in [-0.2, -0.15) is 0 Å². The van der Waals surface area contributed by atoms with Crippen LogP contribution in [0.15, 0.2) is 30.3 Å². The largest absolute Gasteiger partial charge is 0.352 e. The molecule has 0 spiro atoms. The number of nitrogens with one attached hydrogen (secondary N) is 2. The Morgan fingerprint density at radius 1 is 1.20 bits per heavy atom. The van der Waals surface area contributed by atoms with Crippen LogP contribution in [0, 0.1) is 0 Å². The minimum absolute atomic E-state index is 0.454. The number of amides is 2. The summed E-state index contributed by atoms with van der Waals surface area (Å²) in [5.74, 6) is 0. The Labute approximate surface area is 120 Å². The number of urea groups is 1. The van der Waals surface area contributed by atoms with E-state index in [1.54, 1.807) is 0 Å². The van der Waals surface area contributed by atoms with Gasteiger partial charge < -0.3 is 16.4 Å². The van der Waals surface area contributed by atoms with E-state index >= 15 is 0 Å². The second-order valence-electron chi connectivity index (χ2n) is 5.28. The maximum absolute atomic E-state index is 10.5. The summed E-state index contributed by atoms with van der Waals surface area (Å²) in [7, 11) is 0. The number of carbonyl (C=O) groups is 1. The molecule has 1 aliphatic rings. The van der Waals surface area contributed by atoms with Crippen molar-refractivity contribution in [2.45, 2.75) is 25.4 Å². The number of likely N-dealkylation sites (tertiary alicyclic amines) is 1. The lowest BCUT2D eigenvalue weighted by atomic mass is 10.0. The molecule has 0 saturated carbocycles. The molecule has 1 heterocycles. The average Bonchev–Trinajstić information content (AvgIpc) is 2.46. The third-order valence-electron chi connectivity index (χ3n) is 3.69. The zero-order valence-corrected chi connectivity index (χ0v) is 11.8. The first kappa shape index (κ1) is 14.8. The molecule has 1 aromatic carbocycles. The van der Waals surface area contributed by atoms with E-state index in [0.717, 1.165) is 39.0 Å². The van der Waals surface area contributed by atoms with Gasteiger partial charge in [0.2, 0.25) is 0 Å². The fraction of sp³-hybridized carbons (Fsp3) is 0.533. The molecule has 0 radical (unpaired) electrons. The fourth-order valence-electron chi connectivity index (χ4n) is 2.60. The summed E-state index contributed by atoms with van der Waals surface area (Å²) in [6, 6.07) is 10.7. The smallest absolute Gasteiger partial charge is 0.312 e. The van der Waals surface area contributed by atoms with Crippen molar-refractivity contribution >= 4 is 6.03 Å². The van der Waals surface area contributed by atoms with E-state index in [1.807, 2.05) is 0 Å². The van der Waals surface area contributed by atoms with Crippen molar-refractivity contribution in [1.29, 1.82) is 0 Å². The number of primary amides is 1. The highest BCUT2D eigenvalue weighted by atomic mass is 16.2. The minimum Gasteiger partial charge on any atom is -0.352 e. The van der Waals surface area contributed by atoms with Crippen LogP contribution >= 0.6 is 0 Å². The van der Waals surface area contributed by atoms with Crippen molar-refractivity contribution in [2.75, 3.05) is 26.2 Å². The van der Waals surface area contributed by atoms with Gasteiger partial charge in [-0.1, -0.05) is 30.3 Å². The van der Waals surface area contributed by atoms with Crippen LogP contribution in [0.1, 0.15) is 18.4 Å². The van der Waals surface area contributed by atoms with Gasteiger partial charge in [0, 0.05) is 25.7 Å². The fourth-order valence-corrected chi connectivity index (χ4v) is 2.60. The van der Waals surface area contributed by atoms with Crippen molar-refractivity contribution in [1.82, 2.24) is 15.5 Å². The number of benzene rings is 1. The van der Waals surface area contributed by atoms with Crippen LogP contribution in [0.4, 0.5) is 4.79 Å². The lowest BCUT2D eigenvalue weighted by Gasteiger charge is -2.32. The van der Waals surface area contributed by atoms with Crippen molar-refractivity contribution in [3.8, 4) is 0 Å². The first-order valence-electron chi connectivity index (χ1n) is 7.27. The molecule has 4 N–H and O–H groups in total. The van der Waals surface area contributed by atoms with E-state index in [2.05, 4.69) is 45.9 Å². The van der Waals surface area contributed by atoms with E-state index < -0.39 is 6.03 Å². The Bertz CT molecular complexity index is 402. The zero-order valence-electron chi connectivity index (χ0n) is 11.8. The second-order valence-corrected chi connectivity index (χ2v) is 5.28. The molecule has 1 fully saturated rings. The molecule has 20 heavy (non-hydrogen) atoms. The predicted molar refractivity (Wildman–Crippen MR) is 80.3 cm³/mol. The highest BCUT2D eigenvalue weighted by Crippen LogP contribution is 2.13. The van der Waals surface area contributed by atoms with Gasteiger partial charge in [-0.25, -0.2) is 4.79 Å². The quantitative estimate of drug-likeness (QED) is 0.676. The summed E-state index contributed by atoms with van der Waals surface area (Å²) in [5, 5.41) is 6.06. The molecule has 5 heteroatoms. The predicted octanol–water partition coefficient (Wildman–Crippen LogP) is 0.909. The van der Waals surface area contributed by atoms with Crippen molar-refractivity contribution < 1.29 is 4.79 Å². The minimum atomic E-state index is -0.454. The van der Waals surface area contributed by atoms with Gasteiger partial charge in [0.25, 0.3) is 0 Å². The Kier molecular flexibility index (Phi) is 5.83. The first-order valence-corrected chi connectivity index (χ1v) is 7.27. The number of rotatable bonds is 6. The Balaban J connectivity index is 1.61. The molecule has 1 aromatic rings. The number of hydrogen-bond donors (Lipinski definition) is 3. The molecule has 5 nitrogen and oxygen atoms in total. The zero-order chi connectivity index (χ0) is 14.2. The van der Waals surface area contributed by atoms with E-state index in [4.69, 9.17) is 5.73 Å². The van der Waals surface area contributed by atoms with Gasteiger partial charge in [-0.15, -0.1) is 0 Å². The molecular weight excluding hydrogens is 252 g/mol. The average molecular weight is 276 g/mol. The summed E-state index contributed by atoms with van der Waals surface area (Å²) >= 11 is 0. The summed E-state index contributed by atoms with van der Waals surface area (Å²) in [6.45, 7) is 4.66. The maximum Gasteiger partial charge on any atom is 0.312 e. The standard InChI is InChI=1S/C15H24N4O/c16-15(20)18-9-8-17-14-6-10-19(11-7-14)12-13-4-2-1-3-5-13/h1-5,14,17H,6-12H2,(H3,16,18,20). The third-order valence-corrected chi connectivity index (χ3v) is 3.69. The van der Waals surface area contributed by atoms with Gasteiger partial charge in [0.15, 0.2) is 0 Å². The summed E-state index contributed by atoms with van der Waals surface area (Å²) < 4.78 is 0. The molecule has 2 rings (SSSR count). The highest BCUT2D eigenvalue weighted by molar-refractivity contribution is 5.71. The van der Waals surface area contributed by atoms with Crippen LogP contribution in [-0.2, 0) is 6.54 Å². The van der Waals surface area contributed by atoms with Crippen LogP contribution < -0.4 is 16.4 Å². The molecule has 1 saturated heterocycles. The summed E-state index contributed by atoms with van der Waals surface area (Å²) in [4.78, 5) is 13.0. The monoisotopic (exact) mass is 276 g/mol. The number of nitrogens with zero attached hydrogens (tertiary/aromatic N) is 1. The molecular formula is C15H24N4O. The molecule has 0 bridgehead atoms. The SMILES string of the molecule is NC(=O)NCCNC1CCN(Cc2ccccc2)CC1. The topological polar surface area (TPSA) is 70.4 Å². The molecule has 0 atom stereocenters. The lowest BCUT2D eigenvalue weighted by Crippen LogP contribution is -2.44. The third kappa shape index (κ3) is 5.19. The van der Waals surface area contributed by atoms with Gasteiger partial charge in [0.1, 0.15) is 0 Å². The summed E-state index contributed by atoms with van der Waals surface area (Å²) in [5.41, 5.74) is 6.40. The normalized spacial score (nSPS) is 17.0. The Morgan fingerprint density at radius 2 is 1.90 bits per heavy atom. The first-order chi connectivity index (χ1) is 9.74. The van der Waals surface area contributed by atoms with Crippen LogP contribution in [0.2, 0.25) is 0 Å². The molecule has 0 unspecified atom stereocenters. The van der Waals surface area contributed by atoms with E-state index in [9.17, 15) is 4.79 Å². The molecule has 2 amide bonds. The van der Waals surface area contributed by atoms with Crippen LogP contribution in [0.25, 0.3) is 0 Å². The Hall–Kier alpha value is -1.59. The van der Waals surface area contributed by atoms with E-state index in [0.29, 0.717) is 12.6 Å². The van der Waals surface area contributed by atoms with Crippen LogP contribution in [0.5, 0.6) is 0 Å². The van der Waals surface area contributed by atoms with Gasteiger partial charge in [-0.3, -0.25) is 4.90 Å². The van der Waals surface area contributed by atoms with Crippen molar-refractivity contribution in [3.05, 3.63) is 35.9 Å². The van der Waals surface area contributed by atoms with E-state index in [-0.39, 0.29) is 0 Å². The number of hydrogen-bond acceptors (Lipinski definition) is 3.